The van der Waals surface area contributed by atoms with Crippen LogP contribution in [0.3, 0.4) is 0 Å². The normalized spacial score (nSPS) is 24.6. The lowest BCUT2D eigenvalue weighted by atomic mass is 9.73. The zero-order valence-corrected chi connectivity index (χ0v) is 27.2. The average Bonchev–Trinajstić information content (AvgIpc) is 3.33. The van der Waals surface area contributed by atoms with Crippen molar-refractivity contribution in [2.75, 3.05) is 19.0 Å². The molecule has 0 aromatic heterocycles. The fraction of sp³-hybridized carbons (Fsp3) is 0.412. The van der Waals surface area contributed by atoms with E-state index in [0.29, 0.717) is 16.3 Å². The number of nitro groups is 1. The number of anilines is 1. The van der Waals surface area contributed by atoms with Gasteiger partial charge in [0.05, 0.1) is 35.3 Å². The summed E-state index contributed by atoms with van der Waals surface area (Å²) in [5.74, 6) is -2.71. The molecule has 1 saturated heterocycles. The molecule has 1 saturated carbocycles. The number of methoxy groups -OCH3 is 1. The molecule has 2 heterocycles. The summed E-state index contributed by atoms with van der Waals surface area (Å²) in [6.07, 6.45) is 5.48. The number of hydrogen-bond donors (Lipinski definition) is 3. The molecule has 10 nitrogen and oxygen atoms in total. The van der Waals surface area contributed by atoms with Crippen LogP contribution in [0.1, 0.15) is 71.5 Å². The summed E-state index contributed by atoms with van der Waals surface area (Å²) in [6.45, 7) is -0.463. The third-order valence-electron chi connectivity index (χ3n) is 9.93. The Labute approximate surface area is 281 Å². The van der Waals surface area contributed by atoms with Gasteiger partial charge in [0.15, 0.2) is 0 Å². The summed E-state index contributed by atoms with van der Waals surface area (Å²) in [7, 11) is 1.19. The number of nitrogens with zero attached hydrogens (tertiary/aromatic N) is 2. The number of carbonyl (C=O) groups is 2. The summed E-state index contributed by atoms with van der Waals surface area (Å²) in [4.78, 5) is 40.4. The largest absolute Gasteiger partial charge is 0.465 e. The first-order chi connectivity index (χ1) is 22.6. The second-order valence-corrected chi connectivity index (χ2v) is 13.2. The summed E-state index contributed by atoms with van der Waals surface area (Å²) < 4.78 is 21.0. The molecule has 1 unspecified atom stereocenters. The van der Waals surface area contributed by atoms with E-state index >= 15 is 4.39 Å². The van der Waals surface area contributed by atoms with Crippen LogP contribution in [0.2, 0.25) is 10.0 Å². The van der Waals surface area contributed by atoms with Crippen LogP contribution in [0.15, 0.2) is 54.6 Å². The minimum absolute atomic E-state index is 0.0207. The van der Waals surface area contributed by atoms with E-state index in [1.807, 2.05) is 0 Å². The second-order valence-electron chi connectivity index (χ2n) is 12.3. The fourth-order valence-corrected chi connectivity index (χ4v) is 8.37. The Hall–Kier alpha value is -3.61. The number of amides is 1. The Bertz CT molecular complexity index is 1720. The molecule has 6 rings (SSSR count). The number of ether oxygens (including phenoxy) is 1. The Morgan fingerprint density at radius 3 is 2.57 bits per heavy atom. The summed E-state index contributed by atoms with van der Waals surface area (Å²) in [5, 5.41) is 30.0. The van der Waals surface area contributed by atoms with E-state index in [1.165, 1.54) is 25.3 Å². The first-order valence-electron chi connectivity index (χ1n) is 15.7. The minimum Gasteiger partial charge on any atom is -0.465 e. The van der Waals surface area contributed by atoms with Crippen LogP contribution in [-0.2, 0) is 21.6 Å². The van der Waals surface area contributed by atoms with Gasteiger partial charge in [-0.2, -0.15) is 0 Å². The van der Waals surface area contributed by atoms with Crippen LogP contribution in [-0.4, -0.2) is 58.6 Å². The van der Waals surface area contributed by atoms with Crippen molar-refractivity contribution in [3.05, 3.63) is 103 Å². The number of likely N-dealkylation sites (tertiary alicyclic amines) is 1. The maximum Gasteiger partial charge on any atom is 0.338 e. The molecule has 0 radical (unpaired) electrons. The molecule has 3 N–H and O–H groups in total. The van der Waals surface area contributed by atoms with Crippen LogP contribution < -0.4 is 10.6 Å². The van der Waals surface area contributed by atoms with Crippen molar-refractivity contribution < 1.29 is 28.7 Å². The molecule has 3 aliphatic rings. The van der Waals surface area contributed by atoms with Crippen molar-refractivity contribution >= 4 is 46.5 Å². The van der Waals surface area contributed by atoms with Crippen molar-refractivity contribution in [3.63, 3.8) is 0 Å². The van der Waals surface area contributed by atoms with E-state index in [4.69, 9.17) is 27.9 Å². The van der Waals surface area contributed by atoms with Gasteiger partial charge in [-0.3, -0.25) is 19.8 Å². The number of aliphatic hydroxyl groups excluding tert-OH is 1. The monoisotopic (exact) mass is 684 g/mol. The molecule has 1 amide bonds. The van der Waals surface area contributed by atoms with Crippen LogP contribution in [0.25, 0.3) is 0 Å². The summed E-state index contributed by atoms with van der Waals surface area (Å²) in [6, 6.07) is 12.2. The van der Waals surface area contributed by atoms with E-state index < -0.39 is 40.3 Å². The maximum atomic E-state index is 16.3. The zero-order valence-electron chi connectivity index (χ0n) is 25.7. The highest BCUT2D eigenvalue weighted by Crippen LogP contribution is 2.59. The van der Waals surface area contributed by atoms with Gasteiger partial charge in [-0.25, -0.2) is 9.18 Å². The highest BCUT2D eigenvalue weighted by Gasteiger charge is 2.68. The predicted molar refractivity (Wildman–Crippen MR) is 175 cm³/mol. The van der Waals surface area contributed by atoms with Gasteiger partial charge in [0.1, 0.15) is 11.4 Å². The lowest BCUT2D eigenvalue weighted by molar-refractivity contribution is -0.385. The van der Waals surface area contributed by atoms with Crippen LogP contribution in [0.4, 0.5) is 15.8 Å². The molecule has 248 valence electrons. The van der Waals surface area contributed by atoms with Crippen molar-refractivity contribution in [2.45, 2.75) is 74.7 Å². The van der Waals surface area contributed by atoms with Crippen molar-refractivity contribution in [1.82, 2.24) is 10.2 Å². The summed E-state index contributed by atoms with van der Waals surface area (Å²) >= 11 is 12.7. The van der Waals surface area contributed by atoms with Gasteiger partial charge in [0.2, 0.25) is 5.91 Å². The maximum absolute atomic E-state index is 16.3. The molecule has 13 heteroatoms. The number of nitro benzene ring substituents is 1. The quantitative estimate of drug-likeness (QED) is 0.109. The van der Waals surface area contributed by atoms with Gasteiger partial charge in [-0.1, -0.05) is 73.2 Å². The van der Waals surface area contributed by atoms with Crippen LogP contribution in [0, 0.1) is 15.9 Å². The van der Waals surface area contributed by atoms with Crippen molar-refractivity contribution in [1.29, 1.82) is 0 Å². The van der Waals surface area contributed by atoms with Gasteiger partial charge in [0, 0.05) is 52.4 Å². The van der Waals surface area contributed by atoms with Gasteiger partial charge < -0.3 is 20.5 Å². The lowest BCUT2D eigenvalue weighted by Gasteiger charge is -2.44. The molecular formula is C34H35Cl2FN4O6. The molecule has 1 aliphatic carbocycles. The van der Waals surface area contributed by atoms with Gasteiger partial charge in [-0.15, -0.1) is 0 Å². The Morgan fingerprint density at radius 2 is 1.89 bits per heavy atom. The number of carbonyl (C=O) groups excluding carboxylic acids is 2. The first kappa shape index (κ1) is 33.3. The van der Waals surface area contributed by atoms with E-state index in [-0.39, 0.29) is 52.5 Å². The number of benzene rings is 3. The Kier molecular flexibility index (Phi) is 9.55. The van der Waals surface area contributed by atoms with Crippen LogP contribution >= 0.6 is 23.2 Å². The van der Waals surface area contributed by atoms with Gasteiger partial charge in [-0.05, 0) is 42.7 Å². The number of esters is 1. The molecule has 0 bridgehead atoms. The molecule has 4 atom stereocenters. The minimum atomic E-state index is -1.48. The second kappa shape index (κ2) is 13.5. The van der Waals surface area contributed by atoms with E-state index in [9.17, 15) is 24.8 Å². The molecule has 1 spiro atoms. The summed E-state index contributed by atoms with van der Waals surface area (Å²) in [5.41, 5.74) is -0.221. The van der Waals surface area contributed by atoms with E-state index in [2.05, 4.69) is 15.5 Å². The van der Waals surface area contributed by atoms with Crippen LogP contribution in [0.5, 0.6) is 0 Å². The van der Waals surface area contributed by atoms with Crippen molar-refractivity contribution in [2.24, 2.45) is 0 Å². The fourth-order valence-electron chi connectivity index (χ4n) is 8.02. The standard InChI is InChI=1S/C34H35Cl2FN4O6/c1-47-32(43)19-11-12-20(27(15-19)41(45)46)17-38-31-28(18-42)40(22-7-4-2-3-5-8-22)34(29(31)23-9-6-10-25(36)30(23)37)24-14-13-21(35)16-26(24)39-33(34)44/h6,9-16,22,28-29,31,38,42H,2-5,7-8,17-18H2,1H3,(H,39,44)/t28?,29-,31+,34+/m0/s1. The lowest BCUT2D eigenvalue weighted by Crippen LogP contribution is -2.57. The zero-order chi connectivity index (χ0) is 33.5. The van der Waals surface area contributed by atoms with E-state index in [1.54, 1.807) is 30.3 Å². The average molecular weight is 686 g/mol. The molecular weight excluding hydrogens is 650 g/mol. The smallest absolute Gasteiger partial charge is 0.338 e. The number of aliphatic hydroxyl groups is 1. The topological polar surface area (TPSA) is 134 Å². The van der Waals surface area contributed by atoms with Crippen molar-refractivity contribution in [3.8, 4) is 0 Å². The van der Waals surface area contributed by atoms with Gasteiger partial charge in [0.25, 0.3) is 5.69 Å². The highest BCUT2D eigenvalue weighted by atomic mass is 35.5. The predicted octanol–water partition coefficient (Wildman–Crippen LogP) is 6.32. The number of halogens is 3. The Morgan fingerprint density at radius 1 is 1.15 bits per heavy atom. The molecule has 3 aromatic rings. The first-order valence-corrected chi connectivity index (χ1v) is 16.4. The molecule has 3 aromatic carbocycles. The SMILES string of the molecule is COC(=O)c1ccc(CN[C@@H]2C(CO)N(C3CCCCCC3)[C@@]3(C(=O)Nc4cc(Cl)ccc43)[C@H]2c2cccc(Cl)c2F)c([N+](=O)[O-])c1. The number of rotatable bonds is 8. The van der Waals surface area contributed by atoms with E-state index in [0.717, 1.165) is 44.6 Å². The highest BCUT2D eigenvalue weighted by molar-refractivity contribution is 6.31. The number of fused-ring (bicyclic) bond motifs is 2. The van der Waals surface area contributed by atoms with Gasteiger partial charge >= 0.3 is 5.97 Å². The third-order valence-corrected chi connectivity index (χ3v) is 10.5. The Balaban J connectivity index is 1.55. The molecule has 47 heavy (non-hydrogen) atoms. The number of hydrogen-bond acceptors (Lipinski definition) is 8. The molecule has 2 aliphatic heterocycles. The molecule has 2 fully saturated rings. The number of nitrogens with one attached hydrogen (secondary N) is 2. The third kappa shape index (κ3) is 5.67.